The number of aryl methyl sites for hydroxylation is 1. The Morgan fingerprint density at radius 1 is 1.21 bits per heavy atom. The average Bonchev–Trinajstić information content (AvgIpc) is 2.94. The van der Waals surface area contributed by atoms with E-state index in [1.165, 1.54) is 25.1 Å². The summed E-state index contributed by atoms with van der Waals surface area (Å²) in [5.74, 6) is -0.735. The Hall–Kier alpha value is -3.25. The molecule has 0 atom stereocenters. The van der Waals surface area contributed by atoms with Crippen molar-refractivity contribution in [2.24, 2.45) is 0 Å². The van der Waals surface area contributed by atoms with E-state index in [-0.39, 0.29) is 17.5 Å². The standard InChI is InChI=1S/C22H19ClFN3O2/c1-14-20(22(23)27(26-14)13-16-6-8-18(24)9-7-16)10-11-21(29)17-4-3-5-19(12-17)25-15(2)28/h3-12H,13H2,1-2H3,(H,25,28)/b11-10+. The van der Waals surface area contributed by atoms with Crippen molar-refractivity contribution in [2.45, 2.75) is 20.4 Å². The van der Waals surface area contributed by atoms with Gasteiger partial charge >= 0.3 is 0 Å². The Labute approximate surface area is 172 Å². The summed E-state index contributed by atoms with van der Waals surface area (Å²) in [4.78, 5) is 23.7. The number of benzene rings is 2. The molecule has 0 aliphatic heterocycles. The van der Waals surface area contributed by atoms with Crippen LogP contribution in [0.1, 0.15) is 34.1 Å². The number of halogens is 2. The van der Waals surface area contributed by atoms with E-state index in [4.69, 9.17) is 11.6 Å². The fourth-order valence-electron chi connectivity index (χ4n) is 2.83. The normalized spacial score (nSPS) is 11.0. The maximum Gasteiger partial charge on any atom is 0.221 e. The van der Waals surface area contributed by atoms with Crippen molar-refractivity contribution in [1.82, 2.24) is 9.78 Å². The van der Waals surface area contributed by atoms with Crippen LogP contribution < -0.4 is 5.32 Å². The molecule has 7 heteroatoms. The second-order valence-electron chi connectivity index (χ2n) is 6.53. The number of allylic oxidation sites excluding steroid dienone is 1. The summed E-state index contributed by atoms with van der Waals surface area (Å²) in [6.07, 6.45) is 3.05. The van der Waals surface area contributed by atoms with Gasteiger partial charge in [-0.05, 0) is 48.9 Å². The monoisotopic (exact) mass is 411 g/mol. The van der Waals surface area contributed by atoms with Crippen LogP contribution in [0.2, 0.25) is 5.15 Å². The summed E-state index contributed by atoms with van der Waals surface area (Å²) in [7, 11) is 0. The van der Waals surface area contributed by atoms with Crippen LogP contribution in [0.25, 0.3) is 6.08 Å². The maximum absolute atomic E-state index is 13.1. The minimum Gasteiger partial charge on any atom is -0.326 e. The van der Waals surface area contributed by atoms with Crippen LogP contribution in [-0.4, -0.2) is 21.5 Å². The summed E-state index contributed by atoms with van der Waals surface area (Å²) in [6, 6.07) is 12.8. The van der Waals surface area contributed by atoms with Gasteiger partial charge in [0.2, 0.25) is 5.91 Å². The predicted octanol–water partition coefficient (Wildman–Crippen LogP) is 4.89. The van der Waals surface area contributed by atoms with Gasteiger partial charge in [0.1, 0.15) is 11.0 Å². The van der Waals surface area contributed by atoms with Crippen molar-refractivity contribution in [2.75, 3.05) is 5.32 Å². The Morgan fingerprint density at radius 3 is 2.62 bits per heavy atom. The average molecular weight is 412 g/mol. The zero-order valence-electron chi connectivity index (χ0n) is 15.9. The number of aromatic nitrogens is 2. The first-order valence-corrected chi connectivity index (χ1v) is 9.28. The molecule has 0 aliphatic carbocycles. The van der Waals surface area contributed by atoms with E-state index in [9.17, 15) is 14.0 Å². The number of anilines is 1. The molecule has 148 valence electrons. The minimum atomic E-state index is -0.304. The van der Waals surface area contributed by atoms with E-state index in [0.717, 1.165) is 5.56 Å². The molecule has 0 unspecified atom stereocenters. The largest absolute Gasteiger partial charge is 0.326 e. The molecule has 0 bridgehead atoms. The zero-order chi connectivity index (χ0) is 21.0. The molecule has 29 heavy (non-hydrogen) atoms. The number of hydrogen-bond acceptors (Lipinski definition) is 3. The molecule has 0 saturated heterocycles. The van der Waals surface area contributed by atoms with E-state index in [1.54, 1.807) is 54.1 Å². The highest BCUT2D eigenvalue weighted by Crippen LogP contribution is 2.23. The van der Waals surface area contributed by atoms with Crippen LogP contribution in [0.5, 0.6) is 0 Å². The number of nitrogens with one attached hydrogen (secondary N) is 1. The smallest absolute Gasteiger partial charge is 0.221 e. The topological polar surface area (TPSA) is 64.0 Å². The van der Waals surface area contributed by atoms with Crippen LogP contribution in [-0.2, 0) is 11.3 Å². The molecule has 0 spiro atoms. The molecule has 0 fully saturated rings. The van der Waals surface area contributed by atoms with Crippen molar-refractivity contribution in [3.8, 4) is 0 Å². The molecule has 3 aromatic rings. The van der Waals surface area contributed by atoms with Crippen molar-refractivity contribution in [3.05, 3.63) is 88.0 Å². The van der Waals surface area contributed by atoms with Crippen molar-refractivity contribution in [1.29, 1.82) is 0 Å². The lowest BCUT2D eigenvalue weighted by atomic mass is 10.1. The van der Waals surface area contributed by atoms with Gasteiger partial charge < -0.3 is 5.32 Å². The van der Waals surface area contributed by atoms with Gasteiger partial charge in [-0.15, -0.1) is 0 Å². The first-order chi connectivity index (χ1) is 13.8. The first kappa shape index (κ1) is 20.5. The van der Waals surface area contributed by atoms with E-state index >= 15 is 0 Å². The summed E-state index contributed by atoms with van der Waals surface area (Å²) in [5, 5.41) is 7.45. The van der Waals surface area contributed by atoms with Crippen LogP contribution in [0.4, 0.5) is 10.1 Å². The van der Waals surface area contributed by atoms with Crippen LogP contribution in [0.3, 0.4) is 0 Å². The fraction of sp³-hybridized carbons (Fsp3) is 0.136. The molecule has 0 radical (unpaired) electrons. The molecule has 1 aromatic heterocycles. The van der Waals surface area contributed by atoms with Crippen LogP contribution in [0, 0.1) is 12.7 Å². The summed E-state index contributed by atoms with van der Waals surface area (Å²) < 4.78 is 14.7. The van der Waals surface area contributed by atoms with Crippen LogP contribution >= 0.6 is 11.6 Å². The Bertz CT molecular complexity index is 1090. The third-order valence-corrected chi connectivity index (χ3v) is 4.62. The van der Waals surface area contributed by atoms with Gasteiger partial charge in [0.05, 0.1) is 12.2 Å². The van der Waals surface area contributed by atoms with Crippen LogP contribution in [0.15, 0.2) is 54.6 Å². The van der Waals surface area contributed by atoms with E-state index in [2.05, 4.69) is 10.4 Å². The summed E-state index contributed by atoms with van der Waals surface area (Å²) >= 11 is 6.44. The predicted molar refractivity (Wildman–Crippen MR) is 112 cm³/mol. The number of hydrogen-bond donors (Lipinski definition) is 1. The third-order valence-electron chi connectivity index (χ3n) is 4.22. The fourth-order valence-corrected chi connectivity index (χ4v) is 3.13. The Balaban J connectivity index is 1.78. The molecule has 2 aromatic carbocycles. The number of nitrogens with zero attached hydrogens (tertiary/aromatic N) is 2. The molecule has 1 amide bonds. The minimum absolute atomic E-state index is 0.207. The van der Waals surface area contributed by atoms with Gasteiger partial charge in [-0.25, -0.2) is 9.07 Å². The van der Waals surface area contributed by atoms with E-state index in [1.807, 2.05) is 0 Å². The number of ketones is 1. The molecule has 0 aliphatic rings. The molecule has 5 nitrogen and oxygen atoms in total. The first-order valence-electron chi connectivity index (χ1n) is 8.91. The molecular formula is C22H19ClFN3O2. The van der Waals surface area contributed by atoms with Gasteiger partial charge in [0.25, 0.3) is 0 Å². The molecule has 3 rings (SSSR count). The van der Waals surface area contributed by atoms with Crippen molar-refractivity contribution in [3.63, 3.8) is 0 Å². The van der Waals surface area contributed by atoms with E-state index < -0.39 is 0 Å². The summed E-state index contributed by atoms with van der Waals surface area (Å²) in [5.41, 5.74) is 3.17. The van der Waals surface area contributed by atoms with Gasteiger partial charge in [0.15, 0.2) is 5.78 Å². The van der Waals surface area contributed by atoms with E-state index in [0.29, 0.717) is 34.2 Å². The number of carbonyl (C=O) groups excluding carboxylic acids is 2. The highest BCUT2D eigenvalue weighted by Gasteiger charge is 2.12. The third kappa shape index (κ3) is 5.18. The molecule has 0 saturated carbocycles. The highest BCUT2D eigenvalue weighted by atomic mass is 35.5. The zero-order valence-corrected chi connectivity index (χ0v) is 16.7. The number of amides is 1. The number of rotatable bonds is 6. The lowest BCUT2D eigenvalue weighted by molar-refractivity contribution is -0.114. The number of carbonyl (C=O) groups is 2. The molecule has 1 heterocycles. The van der Waals surface area contributed by atoms with Gasteiger partial charge in [0, 0.05) is 23.7 Å². The highest BCUT2D eigenvalue weighted by molar-refractivity contribution is 6.31. The maximum atomic E-state index is 13.1. The quantitative estimate of drug-likeness (QED) is 0.464. The Morgan fingerprint density at radius 2 is 1.93 bits per heavy atom. The van der Waals surface area contributed by atoms with Gasteiger partial charge in [-0.1, -0.05) is 35.9 Å². The van der Waals surface area contributed by atoms with Gasteiger partial charge in [-0.3, -0.25) is 9.59 Å². The lowest BCUT2D eigenvalue weighted by Crippen LogP contribution is -2.06. The summed E-state index contributed by atoms with van der Waals surface area (Å²) in [6.45, 7) is 3.60. The Kier molecular flexibility index (Phi) is 6.24. The molecule has 1 N–H and O–H groups in total. The van der Waals surface area contributed by atoms with Gasteiger partial charge in [-0.2, -0.15) is 5.10 Å². The SMILES string of the molecule is CC(=O)Nc1cccc(C(=O)/C=C/c2c(C)nn(Cc3ccc(F)cc3)c2Cl)c1. The van der Waals surface area contributed by atoms with Crippen molar-refractivity contribution < 1.29 is 14.0 Å². The second-order valence-corrected chi connectivity index (χ2v) is 6.89. The molecular weight excluding hydrogens is 393 g/mol. The second kappa shape index (κ2) is 8.84. The van der Waals surface area contributed by atoms with Crippen molar-refractivity contribution >= 4 is 35.1 Å². The lowest BCUT2D eigenvalue weighted by Gasteiger charge is -2.04.